The number of carboxylic acids is 1. The average Bonchev–Trinajstić information content (AvgIpc) is 3.67. The Bertz CT molecular complexity index is 2290. The first-order chi connectivity index (χ1) is 24.6. The zero-order valence-corrected chi connectivity index (χ0v) is 27.9. The van der Waals surface area contributed by atoms with E-state index in [1.54, 1.807) is 42.2 Å². The number of rotatable bonds is 12. The maximum Gasteiger partial charge on any atom is 0.335 e. The van der Waals surface area contributed by atoms with Crippen LogP contribution >= 0.6 is 11.6 Å². The van der Waals surface area contributed by atoms with Crippen molar-refractivity contribution in [3.05, 3.63) is 124 Å². The van der Waals surface area contributed by atoms with Crippen LogP contribution in [0.25, 0.3) is 22.3 Å². The number of carboxylic acid groups (broad SMARTS) is 1. The Balaban J connectivity index is 1.05. The first-order valence-corrected chi connectivity index (χ1v) is 16.3. The molecule has 0 bridgehead atoms. The number of hydrogen-bond donors (Lipinski definition) is 2. The summed E-state index contributed by atoms with van der Waals surface area (Å²) in [5.74, 6) is -2.26. The molecular formula is C36H30ClF2N7O5. The molecular weight excluding hydrogens is 684 g/mol. The fourth-order valence-corrected chi connectivity index (χ4v) is 5.88. The van der Waals surface area contributed by atoms with E-state index in [1.165, 1.54) is 30.5 Å². The molecule has 5 heterocycles. The van der Waals surface area contributed by atoms with Crippen LogP contribution in [0, 0.1) is 11.6 Å². The molecule has 6 aromatic rings. The molecule has 12 nitrogen and oxygen atoms in total. The fraction of sp³-hybridized carbons (Fsp3) is 0.222. The van der Waals surface area contributed by atoms with E-state index in [0.717, 1.165) is 18.6 Å². The van der Waals surface area contributed by atoms with Crippen molar-refractivity contribution in [3.8, 4) is 17.1 Å². The third-order valence-electron chi connectivity index (χ3n) is 8.47. The number of pyridine rings is 2. The van der Waals surface area contributed by atoms with Gasteiger partial charge in [0.25, 0.3) is 5.91 Å². The maximum atomic E-state index is 15.6. The number of halogens is 3. The largest absolute Gasteiger partial charge is 0.478 e. The third-order valence-corrected chi connectivity index (χ3v) is 8.83. The summed E-state index contributed by atoms with van der Waals surface area (Å²) in [7, 11) is 1.78. The molecule has 15 heteroatoms. The number of hydrogen-bond acceptors (Lipinski definition) is 8. The molecule has 0 spiro atoms. The summed E-state index contributed by atoms with van der Waals surface area (Å²) in [6, 6.07) is 14.7. The average molecular weight is 714 g/mol. The Kier molecular flexibility index (Phi) is 9.43. The van der Waals surface area contributed by atoms with Crippen LogP contribution in [0.2, 0.25) is 5.02 Å². The van der Waals surface area contributed by atoms with Gasteiger partial charge in [0.1, 0.15) is 29.8 Å². The zero-order valence-electron chi connectivity index (χ0n) is 27.1. The minimum atomic E-state index is -1.08. The molecule has 1 unspecified atom stereocenters. The van der Waals surface area contributed by atoms with E-state index in [-0.39, 0.29) is 64.7 Å². The van der Waals surface area contributed by atoms with Gasteiger partial charge in [-0.05, 0) is 60.5 Å². The SMILES string of the molecule is Cn1ccc(CNC(=O)c2cc(Cl)c(COc3cccc(-c4cc(F)c(Cc5nc6ccc(C(=O)O)cc6n5CC5CCO5)cc4F)n3)cn2)n1. The van der Waals surface area contributed by atoms with Crippen molar-refractivity contribution >= 4 is 34.5 Å². The van der Waals surface area contributed by atoms with Crippen molar-refractivity contribution in [2.45, 2.75) is 38.6 Å². The summed E-state index contributed by atoms with van der Waals surface area (Å²) in [5, 5.41) is 16.7. The lowest BCUT2D eigenvalue weighted by atomic mass is 10.0. The highest BCUT2D eigenvalue weighted by Gasteiger charge is 2.24. The van der Waals surface area contributed by atoms with Crippen molar-refractivity contribution in [1.82, 2.24) is 34.6 Å². The Labute approximate surface area is 294 Å². The Morgan fingerprint density at radius 3 is 2.65 bits per heavy atom. The number of carbonyl (C=O) groups is 2. The van der Waals surface area contributed by atoms with Crippen molar-refractivity contribution in [3.63, 3.8) is 0 Å². The lowest BCUT2D eigenvalue weighted by molar-refractivity contribution is -0.0589. The molecule has 51 heavy (non-hydrogen) atoms. The Morgan fingerprint density at radius 1 is 1.08 bits per heavy atom. The molecule has 0 aliphatic carbocycles. The second-order valence-electron chi connectivity index (χ2n) is 12.0. The number of aromatic nitrogens is 6. The molecule has 1 atom stereocenters. The maximum absolute atomic E-state index is 15.6. The van der Waals surface area contributed by atoms with E-state index >= 15 is 8.78 Å². The van der Waals surface area contributed by atoms with Crippen LogP contribution in [-0.2, 0) is 37.9 Å². The lowest BCUT2D eigenvalue weighted by Crippen LogP contribution is -2.31. The summed E-state index contributed by atoms with van der Waals surface area (Å²) >= 11 is 6.42. The van der Waals surface area contributed by atoms with Crippen LogP contribution in [0.4, 0.5) is 8.78 Å². The summed E-state index contributed by atoms with van der Waals surface area (Å²) in [6.07, 6.45) is 3.90. The van der Waals surface area contributed by atoms with Gasteiger partial charge >= 0.3 is 5.97 Å². The van der Waals surface area contributed by atoms with E-state index in [0.29, 0.717) is 41.3 Å². The van der Waals surface area contributed by atoms with Gasteiger partial charge in [0, 0.05) is 49.7 Å². The smallest absolute Gasteiger partial charge is 0.335 e. The lowest BCUT2D eigenvalue weighted by Gasteiger charge is -2.27. The van der Waals surface area contributed by atoms with Gasteiger partial charge in [0.2, 0.25) is 5.88 Å². The first kappa shape index (κ1) is 33.8. The minimum Gasteiger partial charge on any atom is -0.478 e. The molecule has 1 fully saturated rings. The monoisotopic (exact) mass is 713 g/mol. The van der Waals surface area contributed by atoms with Crippen LogP contribution in [0.3, 0.4) is 0 Å². The number of nitrogens with zero attached hydrogens (tertiary/aromatic N) is 6. The van der Waals surface area contributed by atoms with Crippen molar-refractivity contribution in [2.75, 3.05) is 6.61 Å². The van der Waals surface area contributed by atoms with Crippen LogP contribution < -0.4 is 10.1 Å². The van der Waals surface area contributed by atoms with Gasteiger partial charge in [-0.2, -0.15) is 5.10 Å². The van der Waals surface area contributed by atoms with Crippen LogP contribution in [0.1, 0.15) is 49.9 Å². The quantitative estimate of drug-likeness (QED) is 0.162. The minimum absolute atomic E-state index is 0.0388. The number of ether oxygens (including phenoxy) is 2. The number of benzene rings is 2. The third kappa shape index (κ3) is 7.42. The van der Waals surface area contributed by atoms with Crippen molar-refractivity contribution < 1.29 is 33.0 Å². The van der Waals surface area contributed by atoms with Gasteiger partial charge in [-0.3, -0.25) is 14.5 Å². The number of carbonyl (C=O) groups excluding carboxylic acids is 1. The summed E-state index contributed by atoms with van der Waals surface area (Å²) in [6.45, 7) is 1.21. The van der Waals surface area contributed by atoms with E-state index in [9.17, 15) is 14.7 Å². The highest BCUT2D eigenvalue weighted by atomic mass is 35.5. The first-order valence-electron chi connectivity index (χ1n) is 15.9. The van der Waals surface area contributed by atoms with Gasteiger partial charge < -0.3 is 24.5 Å². The Morgan fingerprint density at radius 2 is 1.92 bits per heavy atom. The molecule has 260 valence electrons. The van der Waals surface area contributed by atoms with Crippen LogP contribution in [0.5, 0.6) is 5.88 Å². The number of aryl methyl sites for hydroxylation is 1. The predicted octanol–water partition coefficient (Wildman–Crippen LogP) is 5.75. The molecule has 7 rings (SSSR count). The molecule has 2 N–H and O–H groups in total. The normalized spacial score (nSPS) is 14.0. The van der Waals surface area contributed by atoms with E-state index in [2.05, 4.69) is 25.4 Å². The van der Waals surface area contributed by atoms with E-state index < -0.39 is 23.5 Å². The van der Waals surface area contributed by atoms with Crippen molar-refractivity contribution in [1.29, 1.82) is 0 Å². The molecule has 1 aliphatic rings. The van der Waals surface area contributed by atoms with E-state index in [4.69, 9.17) is 21.1 Å². The number of fused-ring (bicyclic) bond motifs is 1. The second-order valence-corrected chi connectivity index (χ2v) is 12.4. The number of aromatic carboxylic acids is 1. The topological polar surface area (TPSA) is 146 Å². The van der Waals surface area contributed by atoms with Gasteiger partial charge in [-0.25, -0.2) is 23.5 Å². The summed E-state index contributed by atoms with van der Waals surface area (Å²) in [5.41, 5.74) is 2.68. The molecule has 1 saturated heterocycles. The predicted molar refractivity (Wildman–Crippen MR) is 181 cm³/mol. The van der Waals surface area contributed by atoms with Gasteiger partial charge in [-0.1, -0.05) is 17.7 Å². The molecule has 1 aliphatic heterocycles. The number of nitrogens with one attached hydrogen (secondary N) is 1. The summed E-state index contributed by atoms with van der Waals surface area (Å²) < 4.78 is 46.1. The summed E-state index contributed by atoms with van der Waals surface area (Å²) in [4.78, 5) is 37.4. The van der Waals surface area contributed by atoms with Crippen molar-refractivity contribution in [2.24, 2.45) is 7.05 Å². The molecule has 2 aromatic carbocycles. The van der Waals surface area contributed by atoms with Crippen LogP contribution in [0.15, 0.2) is 73.1 Å². The molecule has 0 radical (unpaired) electrons. The standard InChI is InChI=1S/C36H30ClF2N7O5/c1-45-9-7-23(44-45)17-41-35(47)31-15-26(37)22(16-40-31)19-51-34-4-2-3-29(43-34)25-14-27(38)21(11-28(25)39)13-33-42-30-6-5-20(36(48)49)12-32(30)46(33)18-24-8-10-50-24/h2-7,9,11-12,14-16,24H,8,10,13,17-19H2,1H3,(H,41,47)(H,48,49). The fourth-order valence-electron chi connectivity index (χ4n) is 5.67. The molecule has 1 amide bonds. The molecule has 4 aromatic heterocycles. The highest BCUT2D eigenvalue weighted by Crippen LogP contribution is 2.29. The molecule has 0 saturated carbocycles. The zero-order chi connectivity index (χ0) is 35.6. The Hall–Kier alpha value is -5.73. The number of amides is 1. The number of imidazole rings is 1. The van der Waals surface area contributed by atoms with E-state index in [1.807, 2.05) is 4.57 Å². The van der Waals surface area contributed by atoms with Gasteiger partial charge in [0.05, 0.1) is 52.2 Å². The highest BCUT2D eigenvalue weighted by molar-refractivity contribution is 6.31. The second kappa shape index (κ2) is 14.2. The van der Waals surface area contributed by atoms with Crippen LogP contribution in [-0.4, -0.2) is 59.0 Å². The van der Waals surface area contributed by atoms with Gasteiger partial charge in [-0.15, -0.1) is 0 Å². The van der Waals surface area contributed by atoms with Gasteiger partial charge in [0.15, 0.2) is 0 Å².